The zero-order valence-electron chi connectivity index (χ0n) is 17.4. The average Bonchev–Trinajstić information content (AvgIpc) is 2.75. The van der Waals surface area contributed by atoms with Gasteiger partial charge in [-0.3, -0.25) is 10.2 Å². The number of benzene rings is 2. The van der Waals surface area contributed by atoms with E-state index in [4.69, 9.17) is 0 Å². The van der Waals surface area contributed by atoms with E-state index in [1.54, 1.807) is 17.1 Å². The normalized spacial score (nSPS) is 14.8. The van der Waals surface area contributed by atoms with Crippen LogP contribution in [-0.4, -0.2) is 41.8 Å². The number of hydrogen-bond acceptors (Lipinski definition) is 5. The number of carbonyl (C=O) groups is 1. The number of aromatic nitrogens is 2. The summed E-state index contributed by atoms with van der Waals surface area (Å²) in [5.74, 6) is -0.569. The van der Waals surface area contributed by atoms with E-state index < -0.39 is 5.91 Å². The van der Waals surface area contributed by atoms with Crippen molar-refractivity contribution < 1.29 is 9.22 Å². The van der Waals surface area contributed by atoms with Crippen LogP contribution in [0, 0.1) is 30.9 Å². The van der Waals surface area contributed by atoms with Gasteiger partial charge in [-0.05, 0) is 50.1 Å². The number of anilines is 1. The van der Waals surface area contributed by atoms with Crippen LogP contribution in [0.25, 0.3) is 11.0 Å². The maximum absolute atomic E-state index is 13.0. The second-order valence-corrected chi connectivity index (χ2v) is 7.70. The Kier molecular flexibility index (Phi) is 5.17. The Morgan fingerprint density at radius 2 is 1.63 bits per heavy atom. The number of aryl methyl sites for hydroxylation is 2. The average molecular weight is 407 g/mol. The third-order valence-electron chi connectivity index (χ3n) is 5.75. The van der Waals surface area contributed by atoms with Crippen molar-refractivity contribution in [1.82, 2.24) is 15.2 Å². The summed E-state index contributed by atoms with van der Waals surface area (Å²) in [5.41, 5.74) is 6.11. The lowest BCUT2D eigenvalue weighted by molar-refractivity contribution is -0.468. The van der Waals surface area contributed by atoms with Crippen LogP contribution in [0.4, 0.5) is 5.69 Å². The minimum absolute atomic E-state index is 0.0844. The topological polar surface area (TPSA) is 86.5 Å². The van der Waals surface area contributed by atoms with Gasteiger partial charge in [0, 0.05) is 42.8 Å². The number of rotatable bonds is 3. The van der Waals surface area contributed by atoms with Crippen molar-refractivity contribution in [2.45, 2.75) is 20.8 Å². The fourth-order valence-electron chi connectivity index (χ4n) is 3.82. The Morgan fingerprint density at radius 3 is 2.30 bits per heavy atom. The number of hydrogen-bond donors (Lipinski definition) is 1. The maximum atomic E-state index is 13.0. The molecule has 1 aliphatic heterocycles. The van der Waals surface area contributed by atoms with E-state index in [1.165, 1.54) is 6.92 Å². The van der Waals surface area contributed by atoms with Crippen LogP contribution in [0.3, 0.4) is 0 Å². The first-order chi connectivity index (χ1) is 14.4. The molecule has 2 heterocycles. The van der Waals surface area contributed by atoms with Gasteiger partial charge in [0.2, 0.25) is 0 Å². The highest BCUT2D eigenvalue weighted by atomic mass is 16.5. The molecule has 1 aromatic heterocycles. The van der Waals surface area contributed by atoms with Gasteiger partial charge in [0.15, 0.2) is 0 Å². The number of carbonyl (C=O) groups excluding carboxylic acids is 1. The Labute approximate surface area is 174 Å². The van der Waals surface area contributed by atoms with Crippen LogP contribution in [0.2, 0.25) is 0 Å². The minimum Gasteiger partial charge on any atom is -0.805 e. The van der Waals surface area contributed by atoms with Crippen LogP contribution in [0.5, 0.6) is 0 Å². The highest BCUT2D eigenvalue weighted by molar-refractivity contribution is 5.92. The molecule has 0 saturated carbocycles. The molecule has 0 radical (unpaired) electrons. The smallest absolute Gasteiger partial charge is 0.347 e. The Morgan fingerprint density at radius 1 is 1.00 bits per heavy atom. The van der Waals surface area contributed by atoms with Crippen LogP contribution in [0.1, 0.15) is 27.3 Å². The van der Waals surface area contributed by atoms with Crippen molar-refractivity contribution in [2.24, 2.45) is 0 Å². The van der Waals surface area contributed by atoms with Gasteiger partial charge in [0.05, 0.1) is 10.1 Å². The Bertz CT molecular complexity index is 1170. The van der Waals surface area contributed by atoms with Gasteiger partial charge >= 0.3 is 11.6 Å². The van der Waals surface area contributed by atoms with Crippen molar-refractivity contribution in [3.05, 3.63) is 75.1 Å². The molecule has 1 N–H and O–H groups in total. The predicted octanol–water partition coefficient (Wildman–Crippen LogP) is 2.29. The molecule has 8 nitrogen and oxygen atoms in total. The fraction of sp³-hybridized carbons (Fsp3) is 0.318. The SMILES string of the molecule is Cc1cc2c(cc1C)[n+](=O)c(C(=O)NN1CCN(c3ccccc3)CC1)c(C)n2[O-]. The zero-order chi connectivity index (χ0) is 21.4. The number of nitrogens with zero attached hydrogens (tertiary/aromatic N) is 4. The molecule has 0 aliphatic carbocycles. The van der Waals surface area contributed by atoms with E-state index in [0.717, 1.165) is 29.9 Å². The lowest BCUT2D eigenvalue weighted by Crippen LogP contribution is -2.54. The van der Waals surface area contributed by atoms with E-state index in [2.05, 4.69) is 22.5 Å². The van der Waals surface area contributed by atoms with E-state index in [0.29, 0.717) is 22.2 Å². The molecule has 0 atom stereocenters. The number of hydrazine groups is 1. The van der Waals surface area contributed by atoms with Crippen molar-refractivity contribution in [2.75, 3.05) is 31.1 Å². The molecule has 1 aliphatic rings. The molecule has 3 aromatic rings. The van der Waals surface area contributed by atoms with Crippen molar-refractivity contribution in [3.63, 3.8) is 0 Å². The fourth-order valence-corrected chi connectivity index (χ4v) is 3.82. The summed E-state index contributed by atoms with van der Waals surface area (Å²) in [4.78, 5) is 28.1. The van der Waals surface area contributed by atoms with Gasteiger partial charge in [0.1, 0.15) is 5.52 Å². The molecule has 0 spiro atoms. The predicted molar refractivity (Wildman–Crippen MR) is 116 cm³/mol. The van der Waals surface area contributed by atoms with Gasteiger partial charge in [0.25, 0.3) is 5.52 Å². The summed E-state index contributed by atoms with van der Waals surface area (Å²) in [7, 11) is 0. The summed E-state index contributed by atoms with van der Waals surface area (Å²) in [5, 5.41) is 14.5. The number of piperazine rings is 1. The largest absolute Gasteiger partial charge is 0.805 e. The molecule has 1 amide bonds. The third kappa shape index (κ3) is 3.50. The number of fused-ring (bicyclic) bond motifs is 1. The van der Waals surface area contributed by atoms with Gasteiger partial charge < -0.3 is 14.8 Å². The van der Waals surface area contributed by atoms with Crippen molar-refractivity contribution >= 4 is 22.6 Å². The highest BCUT2D eigenvalue weighted by Gasteiger charge is 2.29. The first kappa shape index (κ1) is 19.9. The number of amides is 1. The lowest BCUT2D eigenvalue weighted by Gasteiger charge is -2.35. The Balaban J connectivity index is 1.56. The summed E-state index contributed by atoms with van der Waals surface area (Å²) in [6.07, 6.45) is 0. The lowest BCUT2D eigenvalue weighted by atomic mass is 10.1. The van der Waals surface area contributed by atoms with Crippen LogP contribution < -0.4 is 14.8 Å². The van der Waals surface area contributed by atoms with E-state index in [-0.39, 0.29) is 22.4 Å². The zero-order valence-corrected chi connectivity index (χ0v) is 17.4. The third-order valence-corrected chi connectivity index (χ3v) is 5.75. The van der Waals surface area contributed by atoms with Crippen LogP contribution in [0.15, 0.2) is 42.5 Å². The molecular weight excluding hydrogens is 382 g/mol. The first-order valence-electron chi connectivity index (χ1n) is 9.99. The Hall–Kier alpha value is -3.39. The highest BCUT2D eigenvalue weighted by Crippen LogP contribution is 2.19. The number of nitrogens with one attached hydrogen (secondary N) is 1. The second-order valence-electron chi connectivity index (χ2n) is 7.70. The molecule has 4 rings (SSSR count). The molecule has 0 unspecified atom stereocenters. The quantitative estimate of drug-likeness (QED) is 0.674. The molecule has 1 fully saturated rings. The maximum Gasteiger partial charge on any atom is 0.347 e. The molecule has 2 aromatic carbocycles. The summed E-state index contributed by atoms with van der Waals surface area (Å²) < 4.78 is 1.24. The monoisotopic (exact) mass is 407 g/mol. The van der Waals surface area contributed by atoms with E-state index >= 15 is 0 Å². The van der Waals surface area contributed by atoms with Crippen molar-refractivity contribution in [1.29, 1.82) is 0 Å². The van der Waals surface area contributed by atoms with Gasteiger partial charge in [-0.2, -0.15) is 0 Å². The van der Waals surface area contributed by atoms with Gasteiger partial charge in [-0.25, -0.2) is 5.01 Å². The van der Waals surface area contributed by atoms with Crippen molar-refractivity contribution in [3.8, 4) is 0 Å². The summed E-state index contributed by atoms with van der Waals surface area (Å²) >= 11 is 0. The van der Waals surface area contributed by atoms with E-state index in [9.17, 15) is 14.9 Å². The second kappa shape index (κ2) is 7.79. The first-order valence-corrected chi connectivity index (χ1v) is 9.99. The molecular formula is C22H25N5O3. The van der Waals surface area contributed by atoms with Gasteiger partial charge in [-0.1, -0.05) is 18.2 Å². The summed E-state index contributed by atoms with van der Waals surface area (Å²) in [6, 6.07) is 13.4. The van der Waals surface area contributed by atoms with Crippen LogP contribution >= 0.6 is 0 Å². The molecule has 30 heavy (non-hydrogen) atoms. The molecule has 0 bridgehead atoms. The van der Waals surface area contributed by atoms with E-state index in [1.807, 2.05) is 32.0 Å². The van der Waals surface area contributed by atoms with Crippen LogP contribution in [-0.2, 0) is 0 Å². The molecule has 156 valence electrons. The minimum atomic E-state index is -0.569. The number of para-hydroxylation sites is 1. The van der Waals surface area contributed by atoms with Gasteiger partial charge in [-0.15, -0.1) is 0 Å². The standard InChI is InChI=1S/C22H25N5O3/c1-15-13-19-20(14-16(15)2)27(30)21(17(3)26(19)29)22(28)23-25-11-9-24(10-12-25)18-7-5-4-6-8-18/h4-8,13-14H,9-12H2,1-3H3,(H,23,28). The molecule has 8 heteroatoms. The molecule has 1 saturated heterocycles. The summed E-state index contributed by atoms with van der Waals surface area (Å²) in [6.45, 7) is 7.98.